The molecule has 1 aromatic rings. The van der Waals surface area contributed by atoms with Gasteiger partial charge in [-0.3, -0.25) is 4.90 Å². The van der Waals surface area contributed by atoms with Crippen LogP contribution in [0.5, 0.6) is 0 Å². The molecule has 0 aliphatic rings. The lowest BCUT2D eigenvalue weighted by Crippen LogP contribution is -2.42. The summed E-state index contributed by atoms with van der Waals surface area (Å²) in [6.07, 6.45) is 3.70. The van der Waals surface area contributed by atoms with Crippen LogP contribution in [0, 0.1) is 0 Å². The molecule has 1 heterocycles. The molecule has 0 bridgehead atoms. The summed E-state index contributed by atoms with van der Waals surface area (Å²) in [6.45, 7) is 6.54. The van der Waals surface area contributed by atoms with Crippen LogP contribution < -0.4 is 5.73 Å². The van der Waals surface area contributed by atoms with E-state index in [0.29, 0.717) is 19.2 Å². The molecule has 17 heavy (non-hydrogen) atoms. The van der Waals surface area contributed by atoms with Crippen molar-refractivity contribution in [1.29, 1.82) is 0 Å². The van der Waals surface area contributed by atoms with Crippen LogP contribution in [0.4, 0.5) is 0 Å². The van der Waals surface area contributed by atoms with E-state index >= 15 is 0 Å². The van der Waals surface area contributed by atoms with Crippen molar-refractivity contribution in [3.63, 3.8) is 0 Å². The Hall–Kier alpha value is -0.910. The highest BCUT2D eigenvalue weighted by atomic mass is 16.5. The van der Waals surface area contributed by atoms with Crippen molar-refractivity contribution in [2.24, 2.45) is 12.8 Å². The molecule has 0 radical (unpaired) electrons. The smallest absolute Gasteiger partial charge is 0.0946 e. The lowest BCUT2D eigenvalue weighted by Gasteiger charge is -2.34. The molecule has 5 nitrogen and oxygen atoms in total. The minimum atomic E-state index is 0.192. The zero-order chi connectivity index (χ0) is 12.8. The average Bonchev–Trinajstić information content (AvgIpc) is 2.72. The molecule has 0 spiro atoms. The number of nitrogens with zero attached hydrogens (tertiary/aromatic N) is 3. The number of methoxy groups -OCH3 is 1. The van der Waals surface area contributed by atoms with Gasteiger partial charge in [0.05, 0.1) is 24.7 Å². The molecule has 0 aliphatic heterocycles. The summed E-state index contributed by atoms with van der Waals surface area (Å²) in [5, 5.41) is 0. The van der Waals surface area contributed by atoms with E-state index in [-0.39, 0.29) is 6.04 Å². The molecule has 0 amide bonds. The quantitative estimate of drug-likeness (QED) is 0.765. The van der Waals surface area contributed by atoms with Gasteiger partial charge in [0.25, 0.3) is 0 Å². The minimum Gasteiger partial charge on any atom is -0.383 e. The van der Waals surface area contributed by atoms with Crippen molar-refractivity contribution in [3.8, 4) is 0 Å². The number of nitrogens with two attached hydrogens (primary N) is 1. The molecular weight excluding hydrogens is 216 g/mol. The molecule has 2 N–H and O–H groups in total. The molecule has 2 atom stereocenters. The van der Waals surface area contributed by atoms with Crippen molar-refractivity contribution in [2.45, 2.75) is 25.9 Å². The van der Waals surface area contributed by atoms with Crippen molar-refractivity contribution in [3.05, 3.63) is 18.2 Å². The maximum atomic E-state index is 5.92. The molecule has 0 saturated heterocycles. The van der Waals surface area contributed by atoms with Crippen LogP contribution in [0.25, 0.3) is 0 Å². The Balaban J connectivity index is 2.87. The van der Waals surface area contributed by atoms with E-state index < -0.39 is 0 Å². The average molecular weight is 240 g/mol. The Morgan fingerprint density at radius 1 is 1.59 bits per heavy atom. The fourth-order valence-corrected chi connectivity index (χ4v) is 2.29. The molecule has 0 aromatic carbocycles. The third-order valence-electron chi connectivity index (χ3n) is 3.16. The number of imidazole rings is 1. The van der Waals surface area contributed by atoms with Crippen molar-refractivity contribution in [2.75, 3.05) is 26.8 Å². The first kappa shape index (κ1) is 14.2. The first-order valence-corrected chi connectivity index (χ1v) is 6.06. The molecule has 98 valence electrons. The summed E-state index contributed by atoms with van der Waals surface area (Å²) in [6, 6.07) is 0.533. The summed E-state index contributed by atoms with van der Waals surface area (Å²) in [7, 11) is 3.73. The highest BCUT2D eigenvalue weighted by Crippen LogP contribution is 2.21. The summed E-state index contributed by atoms with van der Waals surface area (Å²) in [4.78, 5) is 6.51. The number of ether oxygens (including phenoxy) is 1. The number of hydrogen-bond donors (Lipinski definition) is 1. The van der Waals surface area contributed by atoms with Gasteiger partial charge in [-0.05, 0) is 13.5 Å². The van der Waals surface area contributed by atoms with Gasteiger partial charge in [0.15, 0.2) is 0 Å². The van der Waals surface area contributed by atoms with E-state index in [2.05, 4.69) is 23.7 Å². The number of rotatable bonds is 7. The summed E-state index contributed by atoms with van der Waals surface area (Å²) in [5.74, 6) is 0. The van der Waals surface area contributed by atoms with Crippen LogP contribution in [0.1, 0.15) is 25.6 Å². The van der Waals surface area contributed by atoms with Crippen LogP contribution in [0.3, 0.4) is 0 Å². The first-order valence-electron chi connectivity index (χ1n) is 6.06. The van der Waals surface area contributed by atoms with Gasteiger partial charge < -0.3 is 15.0 Å². The van der Waals surface area contributed by atoms with Gasteiger partial charge in [0.2, 0.25) is 0 Å². The van der Waals surface area contributed by atoms with E-state index in [1.807, 2.05) is 24.1 Å². The fraction of sp³-hybridized carbons (Fsp3) is 0.750. The second-order valence-corrected chi connectivity index (χ2v) is 4.32. The van der Waals surface area contributed by atoms with Crippen LogP contribution >= 0.6 is 0 Å². The SMILES string of the molecule is CCN(C(C)COC)C(CN)c1cncn1C. The van der Waals surface area contributed by atoms with Crippen LogP contribution in [0.2, 0.25) is 0 Å². The van der Waals surface area contributed by atoms with E-state index in [9.17, 15) is 0 Å². The van der Waals surface area contributed by atoms with Crippen molar-refractivity contribution < 1.29 is 4.74 Å². The third kappa shape index (κ3) is 3.28. The Morgan fingerprint density at radius 3 is 2.71 bits per heavy atom. The van der Waals surface area contributed by atoms with E-state index in [4.69, 9.17) is 10.5 Å². The van der Waals surface area contributed by atoms with E-state index in [1.165, 1.54) is 0 Å². The van der Waals surface area contributed by atoms with Crippen molar-refractivity contribution in [1.82, 2.24) is 14.5 Å². The van der Waals surface area contributed by atoms with E-state index in [0.717, 1.165) is 12.2 Å². The largest absolute Gasteiger partial charge is 0.383 e. The summed E-state index contributed by atoms with van der Waals surface area (Å²) < 4.78 is 7.25. The Labute approximate surface area is 104 Å². The molecule has 2 unspecified atom stereocenters. The van der Waals surface area contributed by atoms with Gasteiger partial charge in [0, 0.05) is 32.9 Å². The topological polar surface area (TPSA) is 56.3 Å². The van der Waals surface area contributed by atoms with Gasteiger partial charge in [-0.15, -0.1) is 0 Å². The highest BCUT2D eigenvalue weighted by molar-refractivity contribution is 5.06. The maximum Gasteiger partial charge on any atom is 0.0946 e. The second kappa shape index (κ2) is 6.74. The zero-order valence-corrected chi connectivity index (χ0v) is 11.3. The maximum absolute atomic E-state index is 5.92. The fourth-order valence-electron chi connectivity index (χ4n) is 2.29. The van der Waals surface area contributed by atoms with Crippen molar-refractivity contribution >= 4 is 0 Å². The Kier molecular flexibility index (Phi) is 5.61. The predicted octanol–water partition coefficient (Wildman–Crippen LogP) is 0.777. The first-order chi connectivity index (χ1) is 8.15. The van der Waals surface area contributed by atoms with Crippen LogP contribution in [-0.2, 0) is 11.8 Å². The number of aromatic nitrogens is 2. The van der Waals surface area contributed by atoms with E-state index in [1.54, 1.807) is 7.11 Å². The Morgan fingerprint density at radius 2 is 2.29 bits per heavy atom. The normalized spacial score (nSPS) is 15.2. The van der Waals surface area contributed by atoms with Crippen LogP contribution in [-0.4, -0.2) is 47.3 Å². The number of aryl methyl sites for hydroxylation is 1. The molecule has 0 aliphatic carbocycles. The highest BCUT2D eigenvalue weighted by Gasteiger charge is 2.24. The lowest BCUT2D eigenvalue weighted by atomic mass is 10.1. The lowest BCUT2D eigenvalue weighted by molar-refractivity contribution is 0.0729. The molecule has 1 aromatic heterocycles. The van der Waals surface area contributed by atoms with Gasteiger partial charge in [-0.25, -0.2) is 4.98 Å². The van der Waals surface area contributed by atoms with Gasteiger partial charge in [-0.2, -0.15) is 0 Å². The number of hydrogen-bond acceptors (Lipinski definition) is 4. The molecule has 5 heteroatoms. The monoisotopic (exact) mass is 240 g/mol. The number of likely N-dealkylation sites (N-methyl/N-ethyl adjacent to an activating group) is 1. The molecule has 0 saturated carbocycles. The molecular formula is C12H24N4O. The predicted molar refractivity (Wildman–Crippen MR) is 68.7 cm³/mol. The minimum absolute atomic E-state index is 0.192. The second-order valence-electron chi connectivity index (χ2n) is 4.32. The summed E-state index contributed by atoms with van der Waals surface area (Å²) in [5.41, 5.74) is 7.07. The molecule has 1 rings (SSSR count). The summed E-state index contributed by atoms with van der Waals surface area (Å²) >= 11 is 0. The zero-order valence-electron chi connectivity index (χ0n) is 11.3. The standard InChI is InChI=1S/C12H24N4O/c1-5-16(10(2)8-17-4)11(6-13)12-7-14-9-15(12)3/h7,9-11H,5-6,8,13H2,1-4H3. The van der Waals surface area contributed by atoms with Gasteiger partial charge in [0.1, 0.15) is 0 Å². The Bertz CT molecular complexity index is 326. The van der Waals surface area contributed by atoms with Gasteiger partial charge in [-0.1, -0.05) is 6.92 Å². The van der Waals surface area contributed by atoms with Crippen LogP contribution in [0.15, 0.2) is 12.5 Å². The third-order valence-corrected chi connectivity index (χ3v) is 3.16. The molecule has 0 fully saturated rings. The van der Waals surface area contributed by atoms with Gasteiger partial charge >= 0.3 is 0 Å².